The molecule has 0 spiro atoms. The average Bonchev–Trinajstić information content (AvgIpc) is 2.95. The Morgan fingerprint density at radius 1 is 1.35 bits per heavy atom. The zero-order valence-corrected chi connectivity index (χ0v) is 14.9. The van der Waals surface area contributed by atoms with Gasteiger partial charge in [-0.2, -0.15) is 5.26 Å². The molecule has 0 atom stereocenters. The summed E-state index contributed by atoms with van der Waals surface area (Å²) in [4.78, 5) is 24.0. The zero-order chi connectivity index (χ0) is 19.2. The minimum atomic E-state index is -0.654. The number of hydrogen-bond acceptors (Lipinski definition) is 6. The van der Waals surface area contributed by atoms with Crippen LogP contribution in [0.25, 0.3) is 5.69 Å². The summed E-state index contributed by atoms with van der Waals surface area (Å²) >= 11 is 0. The number of aromatic nitrogens is 1. The van der Waals surface area contributed by atoms with Gasteiger partial charge >= 0.3 is 5.97 Å². The van der Waals surface area contributed by atoms with E-state index in [0.717, 1.165) is 11.1 Å². The number of nitrogens with one attached hydrogen (secondary N) is 1. The lowest BCUT2D eigenvalue weighted by Crippen LogP contribution is -2.27. The molecule has 0 bridgehead atoms. The summed E-state index contributed by atoms with van der Waals surface area (Å²) in [7, 11) is 1.25. The number of benzene rings is 1. The van der Waals surface area contributed by atoms with Crippen LogP contribution in [0.1, 0.15) is 32.7 Å². The molecular weight excluding hydrogens is 336 g/mol. The molecule has 0 saturated carbocycles. The lowest BCUT2D eigenvalue weighted by Gasteiger charge is -2.26. The fourth-order valence-electron chi connectivity index (χ4n) is 3.20. The molecule has 1 aromatic heterocycles. The van der Waals surface area contributed by atoms with E-state index < -0.39 is 5.97 Å². The van der Waals surface area contributed by atoms with E-state index in [4.69, 9.17) is 15.2 Å². The molecule has 134 valence electrons. The minimum absolute atomic E-state index is 0.0471. The fraction of sp³-hybridized carbons (Fsp3) is 0.278. The summed E-state index contributed by atoms with van der Waals surface area (Å²) in [6, 6.07) is 1.98. The van der Waals surface area contributed by atoms with Crippen molar-refractivity contribution in [1.82, 2.24) is 4.57 Å². The van der Waals surface area contributed by atoms with Gasteiger partial charge in [-0.3, -0.25) is 4.79 Å². The topological polar surface area (TPSA) is 119 Å². The van der Waals surface area contributed by atoms with Gasteiger partial charge in [-0.1, -0.05) is 0 Å². The fourth-order valence-corrected chi connectivity index (χ4v) is 3.20. The van der Waals surface area contributed by atoms with Gasteiger partial charge in [0.15, 0.2) is 12.3 Å². The highest BCUT2D eigenvalue weighted by Gasteiger charge is 2.28. The number of carbonyl (C=O) groups is 2. The highest BCUT2D eigenvalue weighted by atomic mass is 16.5. The van der Waals surface area contributed by atoms with Gasteiger partial charge in [-0.05, 0) is 31.9 Å². The van der Waals surface area contributed by atoms with E-state index in [9.17, 15) is 14.9 Å². The number of methoxy groups -OCH3 is 1. The Bertz CT molecular complexity index is 998. The lowest BCUT2D eigenvalue weighted by molar-refractivity contribution is -0.118. The largest absolute Gasteiger partial charge is 0.481 e. The molecule has 1 aliphatic rings. The molecule has 0 aliphatic carbocycles. The smallest absolute Gasteiger partial charge is 0.357 e. The van der Waals surface area contributed by atoms with Crippen molar-refractivity contribution in [3.8, 4) is 17.5 Å². The minimum Gasteiger partial charge on any atom is -0.481 e. The number of nitrogens with zero attached hydrogens (tertiary/aromatic N) is 2. The van der Waals surface area contributed by atoms with Gasteiger partial charge in [-0.25, -0.2) is 4.79 Å². The first-order valence-corrected chi connectivity index (χ1v) is 7.87. The van der Waals surface area contributed by atoms with Gasteiger partial charge < -0.3 is 25.1 Å². The number of nitriles is 1. The molecule has 3 rings (SSSR count). The number of amides is 1. The number of ether oxygens (including phenoxy) is 2. The quantitative estimate of drug-likeness (QED) is 0.796. The summed E-state index contributed by atoms with van der Waals surface area (Å²) in [5.41, 5.74) is 9.81. The molecule has 1 aromatic carbocycles. The first-order valence-electron chi connectivity index (χ1n) is 7.87. The Hall–Kier alpha value is -3.47. The standard InChI is InChI=1S/C18H18N4O4/c1-8-9(2)17-14(21-12(23)7-26-17)10(3)15(8)22-6-11(5-19)13(20)16(22)18(24)25-4/h6H,7,20H2,1-4H3,(H,21,23). The van der Waals surface area contributed by atoms with Crippen LogP contribution in [0.2, 0.25) is 0 Å². The Morgan fingerprint density at radius 2 is 2.04 bits per heavy atom. The summed E-state index contributed by atoms with van der Waals surface area (Å²) in [5, 5.41) is 12.1. The highest BCUT2D eigenvalue weighted by molar-refractivity contribution is 5.99. The van der Waals surface area contributed by atoms with Crippen molar-refractivity contribution >= 4 is 23.3 Å². The van der Waals surface area contributed by atoms with E-state index in [0.29, 0.717) is 22.7 Å². The Balaban J connectivity index is 2.38. The maximum absolute atomic E-state index is 12.3. The predicted molar refractivity (Wildman–Crippen MR) is 94.6 cm³/mol. The number of anilines is 2. The second-order valence-electron chi connectivity index (χ2n) is 6.04. The normalized spacial score (nSPS) is 12.7. The number of rotatable bonds is 2. The average molecular weight is 354 g/mol. The van der Waals surface area contributed by atoms with Crippen LogP contribution in [0.4, 0.5) is 11.4 Å². The van der Waals surface area contributed by atoms with Crippen molar-refractivity contribution in [2.45, 2.75) is 20.8 Å². The third-order valence-corrected chi connectivity index (χ3v) is 4.61. The number of nitrogen functional groups attached to an aromatic ring is 1. The molecule has 3 N–H and O–H groups in total. The summed E-state index contributed by atoms with van der Waals surface area (Å²) in [5.74, 6) is -0.310. The molecular formula is C18H18N4O4. The van der Waals surface area contributed by atoms with Crippen molar-refractivity contribution in [1.29, 1.82) is 5.26 Å². The zero-order valence-electron chi connectivity index (χ0n) is 14.9. The molecule has 0 unspecified atom stereocenters. The SMILES string of the molecule is COC(=O)c1c(N)c(C#N)cn1-c1c(C)c(C)c2c(c1C)NC(=O)CO2. The Morgan fingerprint density at radius 3 is 2.65 bits per heavy atom. The van der Waals surface area contributed by atoms with E-state index in [-0.39, 0.29) is 29.5 Å². The van der Waals surface area contributed by atoms with Crippen molar-refractivity contribution in [3.05, 3.63) is 34.1 Å². The number of esters is 1. The maximum Gasteiger partial charge on any atom is 0.357 e. The van der Waals surface area contributed by atoms with Gasteiger partial charge in [0.1, 0.15) is 11.8 Å². The molecule has 2 heterocycles. The number of carbonyl (C=O) groups excluding carboxylic acids is 2. The van der Waals surface area contributed by atoms with Gasteiger partial charge in [0.05, 0.1) is 29.7 Å². The first kappa shape index (κ1) is 17.4. The van der Waals surface area contributed by atoms with Crippen LogP contribution in [0.15, 0.2) is 6.20 Å². The molecule has 2 aromatic rings. The van der Waals surface area contributed by atoms with Crippen LogP contribution in [-0.4, -0.2) is 30.2 Å². The number of nitrogens with two attached hydrogens (primary N) is 1. The molecule has 26 heavy (non-hydrogen) atoms. The monoisotopic (exact) mass is 354 g/mol. The molecule has 0 radical (unpaired) electrons. The van der Waals surface area contributed by atoms with Gasteiger partial charge in [-0.15, -0.1) is 0 Å². The number of fused-ring (bicyclic) bond motifs is 1. The van der Waals surface area contributed by atoms with Crippen LogP contribution in [0, 0.1) is 32.1 Å². The van der Waals surface area contributed by atoms with Crippen molar-refractivity contribution in [2.24, 2.45) is 0 Å². The highest BCUT2D eigenvalue weighted by Crippen LogP contribution is 2.42. The summed E-state index contributed by atoms with van der Waals surface area (Å²) in [6.45, 7) is 5.50. The van der Waals surface area contributed by atoms with E-state index in [1.807, 2.05) is 19.9 Å². The van der Waals surface area contributed by atoms with E-state index in [1.165, 1.54) is 13.3 Å². The molecule has 8 heteroatoms. The van der Waals surface area contributed by atoms with Crippen LogP contribution < -0.4 is 15.8 Å². The van der Waals surface area contributed by atoms with E-state index in [1.54, 1.807) is 11.5 Å². The molecule has 1 amide bonds. The van der Waals surface area contributed by atoms with Crippen LogP contribution in [0.3, 0.4) is 0 Å². The lowest BCUT2D eigenvalue weighted by atomic mass is 9.98. The number of hydrogen-bond donors (Lipinski definition) is 2. The maximum atomic E-state index is 12.3. The molecule has 0 fully saturated rings. The Kier molecular flexibility index (Phi) is 4.08. The summed E-state index contributed by atoms with van der Waals surface area (Å²) in [6.07, 6.45) is 1.49. The third kappa shape index (κ3) is 2.37. The van der Waals surface area contributed by atoms with E-state index >= 15 is 0 Å². The van der Waals surface area contributed by atoms with Crippen molar-refractivity contribution in [2.75, 3.05) is 24.8 Å². The first-order chi connectivity index (χ1) is 12.3. The van der Waals surface area contributed by atoms with Gasteiger partial charge in [0.2, 0.25) is 0 Å². The van der Waals surface area contributed by atoms with Crippen LogP contribution >= 0.6 is 0 Å². The second-order valence-corrected chi connectivity index (χ2v) is 6.04. The van der Waals surface area contributed by atoms with Crippen LogP contribution in [0.5, 0.6) is 5.75 Å². The van der Waals surface area contributed by atoms with Crippen molar-refractivity contribution < 1.29 is 19.1 Å². The van der Waals surface area contributed by atoms with Crippen LogP contribution in [-0.2, 0) is 9.53 Å². The van der Waals surface area contributed by atoms with Gasteiger partial charge in [0.25, 0.3) is 5.91 Å². The molecule has 0 saturated heterocycles. The van der Waals surface area contributed by atoms with E-state index in [2.05, 4.69) is 5.32 Å². The predicted octanol–water partition coefficient (Wildman–Crippen LogP) is 1.97. The molecule has 1 aliphatic heterocycles. The molecule has 8 nitrogen and oxygen atoms in total. The Labute approximate surface area is 150 Å². The summed E-state index contributed by atoms with van der Waals surface area (Å²) < 4.78 is 12.0. The third-order valence-electron chi connectivity index (χ3n) is 4.61. The second kappa shape index (κ2) is 6.11. The van der Waals surface area contributed by atoms with Crippen molar-refractivity contribution in [3.63, 3.8) is 0 Å². The van der Waals surface area contributed by atoms with Gasteiger partial charge in [0, 0.05) is 11.8 Å².